The van der Waals surface area contributed by atoms with E-state index < -0.39 is 0 Å². The molecule has 2 N–H and O–H groups in total. The number of rotatable bonds is 14. The van der Waals surface area contributed by atoms with E-state index in [-0.39, 0.29) is 0 Å². The van der Waals surface area contributed by atoms with E-state index in [1.54, 1.807) is 0 Å². The molecule has 0 amide bonds. The molecule has 5 rings (SSSR count). The van der Waals surface area contributed by atoms with E-state index >= 15 is 0 Å². The lowest BCUT2D eigenvalue weighted by atomic mass is 10.1. The van der Waals surface area contributed by atoms with E-state index in [1.165, 1.54) is 57.8 Å². The molecule has 2 aromatic carbocycles. The normalized spacial score (nSPS) is 11.5. The second-order valence-corrected chi connectivity index (χ2v) is 9.81. The Hall–Kier alpha value is -3.67. The number of H-pyrrole nitrogens is 2. The predicted octanol–water partition coefficient (Wildman–Crippen LogP) is 8.47. The molecular weight excluding hydrogens is 458 g/mol. The van der Waals surface area contributed by atoms with Crippen LogP contribution in [0.4, 0.5) is 0 Å². The molecule has 0 aliphatic rings. The van der Waals surface area contributed by atoms with Crippen LogP contribution in [-0.4, -0.2) is 31.5 Å². The fourth-order valence-corrected chi connectivity index (χ4v) is 4.76. The van der Waals surface area contributed by atoms with E-state index in [0.29, 0.717) is 6.61 Å². The van der Waals surface area contributed by atoms with Crippen LogP contribution in [0.1, 0.15) is 71.1 Å². The predicted molar refractivity (Wildman–Crippen MR) is 152 cm³/mol. The Bertz CT molecular complexity index is 1260. The van der Waals surface area contributed by atoms with Crippen molar-refractivity contribution in [2.24, 2.45) is 0 Å². The van der Waals surface area contributed by atoms with Gasteiger partial charge in [0.1, 0.15) is 17.1 Å². The van der Waals surface area contributed by atoms with Gasteiger partial charge >= 0.3 is 0 Å². The number of hydrogen-bond donors (Lipinski definition) is 2. The first-order valence-electron chi connectivity index (χ1n) is 13.9. The number of aromatic amines is 2. The van der Waals surface area contributed by atoms with Crippen LogP contribution < -0.4 is 4.74 Å². The van der Waals surface area contributed by atoms with Crippen molar-refractivity contribution >= 4 is 22.1 Å². The largest absolute Gasteiger partial charge is 0.493 e. The number of fused-ring (bicyclic) bond motifs is 2. The number of unbranched alkanes of at least 4 members (excludes halogenated alkanes) is 9. The van der Waals surface area contributed by atoms with Crippen molar-refractivity contribution in [3.8, 4) is 28.8 Å². The van der Waals surface area contributed by atoms with Crippen LogP contribution in [0, 0.1) is 0 Å². The van der Waals surface area contributed by atoms with Crippen LogP contribution in [-0.2, 0) is 0 Å². The van der Waals surface area contributed by atoms with Gasteiger partial charge in [-0.25, -0.2) is 15.0 Å². The molecule has 0 saturated heterocycles. The first-order chi connectivity index (χ1) is 18.3. The summed E-state index contributed by atoms with van der Waals surface area (Å²) in [4.78, 5) is 21.2. The van der Waals surface area contributed by atoms with Crippen LogP contribution >= 0.6 is 0 Å². The molecule has 0 bridgehead atoms. The summed E-state index contributed by atoms with van der Waals surface area (Å²) in [6.07, 6.45) is 13.1. The van der Waals surface area contributed by atoms with Crippen LogP contribution in [0.25, 0.3) is 45.1 Å². The van der Waals surface area contributed by atoms with E-state index in [1.807, 2.05) is 60.7 Å². The monoisotopic (exact) mass is 495 g/mol. The van der Waals surface area contributed by atoms with E-state index in [9.17, 15) is 0 Å². The zero-order chi connectivity index (χ0) is 25.3. The third kappa shape index (κ3) is 6.56. The standard InChI is InChI=1S/C31H37N5O/c1-2-3-4-5-6-7-8-9-10-15-20-37-23-21-28(30-33-24-16-11-12-17-25(24)34-30)32-29(22-23)31-35-26-18-13-14-19-27(26)36-31/h11-14,16-19,21-22H,2-10,15,20H2,1H3,(H,33,34)(H,35,36). The number of benzene rings is 2. The molecule has 6 nitrogen and oxygen atoms in total. The highest BCUT2D eigenvalue weighted by Crippen LogP contribution is 2.28. The van der Waals surface area contributed by atoms with Gasteiger partial charge in [0.15, 0.2) is 11.6 Å². The zero-order valence-corrected chi connectivity index (χ0v) is 21.8. The van der Waals surface area contributed by atoms with Gasteiger partial charge in [-0.1, -0.05) is 89.0 Å². The molecule has 3 heterocycles. The summed E-state index contributed by atoms with van der Waals surface area (Å²) in [5, 5.41) is 0. The number of pyridine rings is 1. The Morgan fingerprint density at radius 1 is 0.595 bits per heavy atom. The molecule has 3 aromatic heterocycles. The van der Waals surface area contributed by atoms with Gasteiger partial charge in [-0.2, -0.15) is 0 Å². The number of ether oxygens (including phenoxy) is 1. The van der Waals surface area contributed by atoms with Gasteiger partial charge < -0.3 is 14.7 Å². The van der Waals surface area contributed by atoms with Gasteiger partial charge in [0.25, 0.3) is 0 Å². The lowest BCUT2D eigenvalue weighted by Crippen LogP contribution is -2.00. The Kier molecular flexibility index (Phi) is 8.46. The molecule has 37 heavy (non-hydrogen) atoms. The third-order valence-electron chi connectivity index (χ3n) is 6.83. The first kappa shape index (κ1) is 25.0. The molecule has 5 aromatic rings. The second-order valence-electron chi connectivity index (χ2n) is 9.81. The molecule has 0 aliphatic carbocycles. The van der Waals surface area contributed by atoms with E-state index in [2.05, 4.69) is 16.9 Å². The Morgan fingerprint density at radius 3 is 1.59 bits per heavy atom. The number of nitrogens with one attached hydrogen (secondary N) is 2. The Balaban J connectivity index is 1.25. The van der Waals surface area contributed by atoms with Crippen molar-refractivity contribution in [2.45, 2.75) is 71.1 Å². The minimum Gasteiger partial charge on any atom is -0.493 e. The van der Waals surface area contributed by atoms with Gasteiger partial charge in [0, 0.05) is 12.1 Å². The molecular formula is C31H37N5O. The maximum atomic E-state index is 6.23. The maximum Gasteiger partial charge on any atom is 0.157 e. The van der Waals surface area contributed by atoms with Crippen molar-refractivity contribution in [2.75, 3.05) is 6.61 Å². The smallest absolute Gasteiger partial charge is 0.157 e. The third-order valence-corrected chi connectivity index (χ3v) is 6.83. The highest BCUT2D eigenvalue weighted by Gasteiger charge is 2.14. The van der Waals surface area contributed by atoms with Crippen LogP contribution in [0.5, 0.6) is 5.75 Å². The van der Waals surface area contributed by atoms with Gasteiger partial charge in [-0.05, 0) is 30.7 Å². The molecule has 6 heteroatoms. The molecule has 0 atom stereocenters. The maximum absolute atomic E-state index is 6.23. The number of hydrogen-bond acceptors (Lipinski definition) is 4. The van der Waals surface area contributed by atoms with Crippen molar-refractivity contribution in [1.82, 2.24) is 24.9 Å². The van der Waals surface area contributed by atoms with Crippen LogP contribution in [0.2, 0.25) is 0 Å². The summed E-state index contributed by atoms with van der Waals surface area (Å²) in [5.74, 6) is 2.24. The quantitative estimate of drug-likeness (QED) is 0.151. The number of nitrogens with zero attached hydrogens (tertiary/aromatic N) is 3. The van der Waals surface area contributed by atoms with Crippen molar-refractivity contribution in [3.05, 3.63) is 60.7 Å². The highest BCUT2D eigenvalue weighted by molar-refractivity contribution is 5.80. The topological polar surface area (TPSA) is 79.5 Å². The minimum atomic E-state index is 0.694. The van der Waals surface area contributed by atoms with Crippen molar-refractivity contribution in [1.29, 1.82) is 0 Å². The zero-order valence-electron chi connectivity index (χ0n) is 21.8. The lowest BCUT2D eigenvalue weighted by Gasteiger charge is -2.09. The summed E-state index contributed by atoms with van der Waals surface area (Å²) < 4.78 is 6.23. The van der Waals surface area contributed by atoms with Crippen LogP contribution in [0.3, 0.4) is 0 Å². The Morgan fingerprint density at radius 2 is 1.08 bits per heavy atom. The van der Waals surface area contributed by atoms with Crippen molar-refractivity contribution in [3.63, 3.8) is 0 Å². The fraction of sp³-hybridized carbons (Fsp3) is 0.387. The molecule has 0 fully saturated rings. The molecule has 0 aliphatic heterocycles. The van der Waals surface area contributed by atoms with Crippen LogP contribution in [0.15, 0.2) is 60.7 Å². The molecule has 0 spiro atoms. The van der Waals surface area contributed by atoms with E-state index in [4.69, 9.17) is 19.7 Å². The summed E-state index contributed by atoms with van der Waals surface area (Å²) in [6, 6.07) is 20.0. The molecule has 192 valence electrons. The molecule has 0 radical (unpaired) electrons. The summed E-state index contributed by atoms with van der Waals surface area (Å²) in [7, 11) is 0. The number of para-hydroxylation sites is 4. The lowest BCUT2D eigenvalue weighted by molar-refractivity contribution is 0.304. The first-order valence-corrected chi connectivity index (χ1v) is 13.9. The average molecular weight is 496 g/mol. The minimum absolute atomic E-state index is 0.694. The van der Waals surface area contributed by atoms with Gasteiger partial charge in [-0.15, -0.1) is 0 Å². The second kappa shape index (κ2) is 12.5. The Labute approximate surface area is 218 Å². The number of imidazole rings is 2. The molecule has 0 unspecified atom stereocenters. The average Bonchev–Trinajstić information content (AvgIpc) is 3.56. The van der Waals surface area contributed by atoms with E-state index in [0.717, 1.165) is 57.3 Å². The molecule has 0 saturated carbocycles. The number of aromatic nitrogens is 5. The summed E-state index contributed by atoms with van der Waals surface area (Å²) >= 11 is 0. The fourth-order valence-electron chi connectivity index (χ4n) is 4.76. The van der Waals surface area contributed by atoms with Gasteiger partial charge in [-0.3, -0.25) is 0 Å². The van der Waals surface area contributed by atoms with Crippen molar-refractivity contribution < 1.29 is 4.74 Å². The summed E-state index contributed by atoms with van der Waals surface area (Å²) in [6.45, 7) is 2.97. The SMILES string of the molecule is CCCCCCCCCCCCOc1cc(-c2nc3ccccc3[nH]2)nc(-c2nc3ccccc3[nH]2)c1. The van der Waals surface area contributed by atoms with Gasteiger partial charge in [0.2, 0.25) is 0 Å². The summed E-state index contributed by atoms with van der Waals surface area (Å²) in [5.41, 5.74) is 5.30. The van der Waals surface area contributed by atoms with Gasteiger partial charge in [0.05, 0.1) is 28.7 Å². The highest BCUT2D eigenvalue weighted by atomic mass is 16.5.